The number of non-ortho nitro benzene ring substituents is 1. The molecule has 0 atom stereocenters. The molecule has 0 aromatic heterocycles. The van der Waals surface area contributed by atoms with Crippen LogP contribution in [0.3, 0.4) is 0 Å². The normalized spacial score (nSPS) is 9.73. The lowest BCUT2D eigenvalue weighted by atomic mass is 10.1. The molecule has 1 amide bonds. The van der Waals surface area contributed by atoms with Gasteiger partial charge in [0.1, 0.15) is 0 Å². The number of nitrogens with two attached hydrogens (primary N) is 1. The highest BCUT2D eigenvalue weighted by atomic mass is 16.6. The average Bonchev–Trinajstić information content (AvgIpc) is 2.16. The highest BCUT2D eigenvalue weighted by Crippen LogP contribution is 2.23. The molecule has 15 heavy (non-hydrogen) atoms. The van der Waals surface area contributed by atoms with Crippen molar-refractivity contribution in [3.63, 3.8) is 0 Å². The Labute approximate surface area is 86.4 Å². The fourth-order valence-electron chi connectivity index (χ4n) is 1.22. The van der Waals surface area contributed by atoms with Gasteiger partial charge in [0.05, 0.1) is 10.5 Å². The van der Waals surface area contributed by atoms with Crippen molar-refractivity contribution in [1.82, 2.24) is 0 Å². The molecule has 0 saturated carbocycles. The van der Waals surface area contributed by atoms with E-state index in [-0.39, 0.29) is 11.3 Å². The molecule has 1 aromatic rings. The molecule has 0 radical (unpaired) electrons. The fraction of sp³-hybridized carbons (Fsp3) is 0.222. The number of nitro groups is 1. The van der Waals surface area contributed by atoms with Crippen molar-refractivity contribution in [2.24, 2.45) is 5.73 Å². The number of anilines is 1. The quantitative estimate of drug-likeness (QED) is 0.587. The molecule has 80 valence electrons. The Morgan fingerprint density at radius 1 is 1.47 bits per heavy atom. The molecule has 6 nitrogen and oxygen atoms in total. The molecule has 2 N–H and O–H groups in total. The SMILES string of the molecule is CN(C)c1ccc([N+](=O)[O-])cc1C(N)=O. The summed E-state index contributed by atoms with van der Waals surface area (Å²) in [5.41, 5.74) is 5.70. The van der Waals surface area contributed by atoms with Gasteiger partial charge in [-0.3, -0.25) is 14.9 Å². The van der Waals surface area contributed by atoms with E-state index in [4.69, 9.17) is 5.73 Å². The maximum atomic E-state index is 11.1. The van der Waals surface area contributed by atoms with Crippen LogP contribution in [0.5, 0.6) is 0 Å². The lowest BCUT2D eigenvalue weighted by Crippen LogP contribution is -2.18. The summed E-state index contributed by atoms with van der Waals surface area (Å²) in [7, 11) is 3.46. The van der Waals surface area contributed by atoms with Gasteiger partial charge in [0.25, 0.3) is 11.6 Å². The van der Waals surface area contributed by atoms with Gasteiger partial charge in [-0.05, 0) is 6.07 Å². The summed E-state index contributed by atoms with van der Waals surface area (Å²) in [4.78, 5) is 22.7. The molecular formula is C9H11N3O3. The van der Waals surface area contributed by atoms with Gasteiger partial charge in [-0.15, -0.1) is 0 Å². The Morgan fingerprint density at radius 2 is 2.07 bits per heavy atom. The number of hydrogen-bond donors (Lipinski definition) is 1. The lowest BCUT2D eigenvalue weighted by Gasteiger charge is -2.15. The van der Waals surface area contributed by atoms with Crippen molar-refractivity contribution in [1.29, 1.82) is 0 Å². The minimum atomic E-state index is -0.678. The van der Waals surface area contributed by atoms with Crippen molar-refractivity contribution < 1.29 is 9.72 Å². The molecule has 1 rings (SSSR count). The zero-order chi connectivity index (χ0) is 11.6. The topological polar surface area (TPSA) is 89.5 Å². The summed E-state index contributed by atoms with van der Waals surface area (Å²) >= 11 is 0. The predicted molar refractivity (Wildman–Crippen MR) is 55.9 cm³/mol. The maximum absolute atomic E-state index is 11.1. The summed E-state index contributed by atoms with van der Waals surface area (Å²) < 4.78 is 0. The van der Waals surface area contributed by atoms with Crippen LogP contribution in [0, 0.1) is 10.1 Å². The van der Waals surface area contributed by atoms with Crippen molar-refractivity contribution in [2.75, 3.05) is 19.0 Å². The number of carbonyl (C=O) groups excluding carboxylic acids is 1. The molecule has 0 saturated heterocycles. The van der Waals surface area contributed by atoms with Gasteiger partial charge in [-0.1, -0.05) is 0 Å². The summed E-state index contributed by atoms with van der Waals surface area (Å²) in [5.74, 6) is -0.678. The number of amides is 1. The third-order valence-electron chi connectivity index (χ3n) is 1.94. The van der Waals surface area contributed by atoms with E-state index in [1.807, 2.05) is 0 Å². The van der Waals surface area contributed by atoms with Crippen molar-refractivity contribution in [3.05, 3.63) is 33.9 Å². The number of carbonyl (C=O) groups is 1. The zero-order valence-electron chi connectivity index (χ0n) is 8.43. The number of nitrogens with zero attached hydrogens (tertiary/aromatic N) is 2. The molecular weight excluding hydrogens is 198 g/mol. The molecule has 0 fully saturated rings. The van der Waals surface area contributed by atoms with Crippen molar-refractivity contribution in [3.8, 4) is 0 Å². The molecule has 0 aliphatic carbocycles. The minimum absolute atomic E-state index is 0.144. The van der Waals surface area contributed by atoms with E-state index in [1.54, 1.807) is 19.0 Å². The van der Waals surface area contributed by atoms with Gasteiger partial charge in [0.2, 0.25) is 0 Å². The highest BCUT2D eigenvalue weighted by molar-refractivity contribution is 5.99. The van der Waals surface area contributed by atoms with E-state index >= 15 is 0 Å². The fourth-order valence-corrected chi connectivity index (χ4v) is 1.22. The van der Waals surface area contributed by atoms with Gasteiger partial charge in [-0.25, -0.2) is 0 Å². The Morgan fingerprint density at radius 3 is 2.47 bits per heavy atom. The number of benzene rings is 1. The van der Waals surface area contributed by atoms with Crippen LogP contribution in [0.4, 0.5) is 11.4 Å². The van der Waals surface area contributed by atoms with E-state index in [0.29, 0.717) is 5.69 Å². The second-order valence-corrected chi connectivity index (χ2v) is 3.22. The van der Waals surface area contributed by atoms with Crippen LogP contribution < -0.4 is 10.6 Å². The van der Waals surface area contributed by atoms with Gasteiger partial charge >= 0.3 is 0 Å². The average molecular weight is 209 g/mol. The second-order valence-electron chi connectivity index (χ2n) is 3.22. The molecule has 0 aliphatic heterocycles. The van der Waals surface area contributed by atoms with Crippen LogP contribution in [0.1, 0.15) is 10.4 Å². The molecule has 1 aromatic carbocycles. The first-order valence-electron chi connectivity index (χ1n) is 4.19. The van der Waals surface area contributed by atoms with Crippen molar-refractivity contribution in [2.45, 2.75) is 0 Å². The highest BCUT2D eigenvalue weighted by Gasteiger charge is 2.15. The first-order valence-corrected chi connectivity index (χ1v) is 4.19. The predicted octanol–water partition coefficient (Wildman–Crippen LogP) is 0.760. The summed E-state index contributed by atoms with van der Waals surface area (Å²) in [6.45, 7) is 0. The minimum Gasteiger partial charge on any atom is -0.377 e. The van der Waals surface area contributed by atoms with Gasteiger partial charge < -0.3 is 10.6 Å². The maximum Gasteiger partial charge on any atom is 0.270 e. The molecule has 0 unspecified atom stereocenters. The number of hydrogen-bond acceptors (Lipinski definition) is 4. The Balaban J connectivity index is 3.33. The van der Waals surface area contributed by atoms with E-state index < -0.39 is 10.8 Å². The smallest absolute Gasteiger partial charge is 0.270 e. The Bertz CT molecular complexity index is 415. The lowest BCUT2D eigenvalue weighted by molar-refractivity contribution is -0.384. The third-order valence-corrected chi connectivity index (χ3v) is 1.94. The third kappa shape index (κ3) is 2.22. The van der Waals surface area contributed by atoms with E-state index in [1.165, 1.54) is 18.2 Å². The zero-order valence-corrected chi connectivity index (χ0v) is 8.43. The van der Waals surface area contributed by atoms with Gasteiger partial charge in [-0.2, -0.15) is 0 Å². The Hall–Kier alpha value is -2.11. The largest absolute Gasteiger partial charge is 0.377 e. The molecule has 0 heterocycles. The molecule has 0 bridgehead atoms. The number of nitro benzene ring substituents is 1. The van der Waals surface area contributed by atoms with Gasteiger partial charge in [0, 0.05) is 31.9 Å². The monoisotopic (exact) mass is 209 g/mol. The summed E-state index contributed by atoms with van der Waals surface area (Å²) in [6.07, 6.45) is 0. The van der Waals surface area contributed by atoms with Crippen LogP contribution in [0.15, 0.2) is 18.2 Å². The Kier molecular flexibility index (Phi) is 2.89. The van der Waals surface area contributed by atoms with E-state index in [2.05, 4.69) is 0 Å². The number of rotatable bonds is 3. The number of primary amides is 1. The van der Waals surface area contributed by atoms with E-state index in [0.717, 1.165) is 0 Å². The molecule has 0 spiro atoms. The first-order chi connectivity index (χ1) is 6.93. The first kappa shape index (κ1) is 11.0. The van der Waals surface area contributed by atoms with Crippen LogP contribution in [0.2, 0.25) is 0 Å². The molecule has 0 aliphatic rings. The second kappa shape index (κ2) is 3.95. The van der Waals surface area contributed by atoms with Crippen LogP contribution in [-0.4, -0.2) is 24.9 Å². The van der Waals surface area contributed by atoms with Gasteiger partial charge in [0.15, 0.2) is 0 Å². The summed E-state index contributed by atoms with van der Waals surface area (Å²) in [6, 6.07) is 4.01. The van der Waals surface area contributed by atoms with Crippen LogP contribution in [0.25, 0.3) is 0 Å². The van der Waals surface area contributed by atoms with E-state index in [9.17, 15) is 14.9 Å². The van der Waals surface area contributed by atoms with Crippen LogP contribution in [-0.2, 0) is 0 Å². The summed E-state index contributed by atoms with van der Waals surface area (Å²) in [5, 5.41) is 10.5. The van der Waals surface area contributed by atoms with Crippen LogP contribution >= 0.6 is 0 Å². The van der Waals surface area contributed by atoms with Crippen molar-refractivity contribution >= 4 is 17.3 Å². The molecule has 6 heteroatoms. The standard InChI is InChI=1S/C9H11N3O3/c1-11(2)8-4-3-6(12(14)15)5-7(8)9(10)13/h3-5H,1-2H3,(H2,10,13).